The van der Waals surface area contributed by atoms with E-state index in [1.807, 2.05) is 24.3 Å². The van der Waals surface area contributed by atoms with Gasteiger partial charge < -0.3 is 19.7 Å². The number of amides is 1. The van der Waals surface area contributed by atoms with Crippen molar-refractivity contribution in [3.63, 3.8) is 0 Å². The molecule has 7 rings (SSSR count). The number of nitrogens with one attached hydrogen (secondary N) is 1. The lowest BCUT2D eigenvalue weighted by Crippen LogP contribution is -2.43. The Morgan fingerprint density at radius 2 is 1.85 bits per heavy atom. The first-order chi connectivity index (χ1) is 19.4. The number of sulfone groups is 1. The van der Waals surface area contributed by atoms with E-state index in [1.54, 1.807) is 18.3 Å². The Kier molecular flexibility index (Phi) is 6.21. The zero-order valence-electron chi connectivity index (χ0n) is 21.7. The van der Waals surface area contributed by atoms with Crippen molar-refractivity contribution in [2.45, 2.75) is 30.5 Å². The number of fused-ring (bicyclic) bond motifs is 5. The first-order valence-corrected chi connectivity index (χ1v) is 14.9. The second kappa shape index (κ2) is 9.92. The minimum absolute atomic E-state index is 0.101. The Morgan fingerprint density at radius 3 is 2.77 bits per heavy atom. The van der Waals surface area contributed by atoms with Gasteiger partial charge in [-0.1, -0.05) is 12.1 Å². The van der Waals surface area contributed by atoms with Crippen molar-refractivity contribution in [1.82, 2.24) is 20.3 Å². The topological polar surface area (TPSA) is 124 Å². The van der Waals surface area contributed by atoms with E-state index in [1.165, 1.54) is 11.6 Å². The molecule has 204 valence electrons. The molecule has 1 N–H and O–H groups in total. The number of aromatic nitrogens is 3. The lowest BCUT2D eigenvalue weighted by molar-refractivity contribution is 0.0949. The molecule has 11 heteroatoms. The molecule has 1 unspecified atom stereocenters. The maximum atomic E-state index is 12.9. The van der Waals surface area contributed by atoms with Crippen molar-refractivity contribution in [2.75, 3.05) is 37.0 Å². The summed E-state index contributed by atoms with van der Waals surface area (Å²) in [7, 11) is -3.50. The summed E-state index contributed by atoms with van der Waals surface area (Å²) in [6.07, 6.45) is 2.68. The Hall–Kier alpha value is -3.93. The van der Waals surface area contributed by atoms with E-state index in [0.29, 0.717) is 23.9 Å². The van der Waals surface area contributed by atoms with Gasteiger partial charge in [0.25, 0.3) is 5.91 Å². The molecule has 6 heterocycles. The van der Waals surface area contributed by atoms with Crippen molar-refractivity contribution in [3.05, 3.63) is 77.1 Å². The Morgan fingerprint density at radius 1 is 1.00 bits per heavy atom. The summed E-state index contributed by atoms with van der Waals surface area (Å²) < 4.78 is 36.2. The minimum Gasteiger partial charge on any atom is -0.377 e. The SMILES string of the molecule is O=C(NCc1cc2nc(-c3ccc4c(n3)N3CCOCC3C4)ccc2cn1)c1ccc2c(c1)S(=O)(=O)CCOC2. The van der Waals surface area contributed by atoms with Gasteiger partial charge in [0, 0.05) is 23.7 Å². The first-order valence-electron chi connectivity index (χ1n) is 13.3. The molecule has 10 nitrogen and oxygen atoms in total. The summed E-state index contributed by atoms with van der Waals surface area (Å²) in [5, 5.41) is 3.73. The van der Waals surface area contributed by atoms with Gasteiger partial charge >= 0.3 is 0 Å². The molecule has 1 saturated heterocycles. The van der Waals surface area contributed by atoms with Gasteiger partial charge in [-0.25, -0.2) is 18.4 Å². The van der Waals surface area contributed by atoms with E-state index in [-0.39, 0.29) is 41.9 Å². The van der Waals surface area contributed by atoms with Crippen molar-refractivity contribution in [1.29, 1.82) is 0 Å². The summed E-state index contributed by atoms with van der Waals surface area (Å²) >= 11 is 0. The standard InChI is InChI=1S/C29H27N5O5S/c35-29(19-1-2-21-16-39-9-10-40(36,37)27(21)12-19)31-15-22-13-26-20(14-30-22)4-6-24(32-26)25-5-3-18-11-23-17-38-8-7-34(23)28(18)33-25/h1-6,12-14,23H,7-11,15-17H2,(H,31,35). The fourth-order valence-electron chi connectivity index (χ4n) is 5.52. The van der Waals surface area contributed by atoms with Crippen LogP contribution in [0.25, 0.3) is 22.3 Å². The van der Waals surface area contributed by atoms with Crippen LogP contribution in [0.15, 0.2) is 59.6 Å². The van der Waals surface area contributed by atoms with Crippen molar-refractivity contribution >= 4 is 32.5 Å². The van der Waals surface area contributed by atoms with Crippen LogP contribution < -0.4 is 10.2 Å². The highest BCUT2D eigenvalue weighted by Gasteiger charge is 2.33. The molecule has 0 aliphatic carbocycles. The average Bonchev–Trinajstić information content (AvgIpc) is 3.28. The molecule has 1 amide bonds. The molecule has 4 aromatic rings. The van der Waals surface area contributed by atoms with Crippen molar-refractivity contribution in [2.24, 2.45) is 0 Å². The van der Waals surface area contributed by atoms with Gasteiger partial charge in [0.05, 0.1) is 72.3 Å². The third kappa shape index (κ3) is 4.59. The van der Waals surface area contributed by atoms with Crippen LogP contribution in [0.5, 0.6) is 0 Å². The van der Waals surface area contributed by atoms with Crippen LogP contribution in [-0.4, -0.2) is 67.4 Å². The predicted octanol–water partition coefficient (Wildman–Crippen LogP) is 2.69. The van der Waals surface area contributed by atoms with Gasteiger partial charge in [0.1, 0.15) is 5.82 Å². The van der Waals surface area contributed by atoms with E-state index in [9.17, 15) is 13.2 Å². The number of rotatable bonds is 4. The van der Waals surface area contributed by atoms with Crippen LogP contribution in [0.1, 0.15) is 27.2 Å². The van der Waals surface area contributed by atoms with E-state index < -0.39 is 9.84 Å². The highest BCUT2D eigenvalue weighted by molar-refractivity contribution is 7.91. The van der Waals surface area contributed by atoms with E-state index >= 15 is 0 Å². The van der Waals surface area contributed by atoms with Gasteiger partial charge in [-0.15, -0.1) is 0 Å². The van der Waals surface area contributed by atoms with E-state index in [2.05, 4.69) is 21.3 Å². The highest BCUT2D eigenvalue weighted by Crippen LogP contribution is 2.34. The molecule has 3 aliphatic heterocycles. The first kappa shape index (κ1) is 25.1. The number of carbonyl (C=O) groups is 1. The Bertz CT molecular complexity index is 1760. The van der Waals surface area contributed by atoms with Crippen LogP contribution in [0, 0.1) is 0 Å². The lowest BCUT2D eigenvalue weighted by Gasteiger charge is -2.31. The predicted molar refractivity (Wildman–Crippen MR) is 148 cm³/mol. The fraction of sp³-hybridized carbons (Fsp3) is 0.310. The number of morpholine rings is 1. The van der Waals surface area contributed by atoms with E-state index in [4.69, 9.17) is 19.4 Å². The molecule has 0 bridgehead atoms. The number of pyridine rings is 3. The van der Waals surface area contributed by atoms with Crippen LogP contribution in [0.4, 0.5) is 5.82 Å². The smallest absolute Gasteiger partial charge is 0.251 e. The van der Waals surface area contributed by atoms with Crippen LogP contribution in [0.3, 0.4) is 0 Å². The summed E-state index contributed by atoms with van der Waals surface area (Å²) in [6, 6.07) is 15.0. The largest absolute Gasteiger partial charge is 0.377 e. The molecule has 1 atom stereocenters. The van der Waals surface area contributed by atoms with Crippen LogP contribution in [0.2, 0.25) is 0 Å². The lowest BCUT2D eigenvalue weighted by atomic mass is 10.1. The molecule has 0 radical (unpaired) electrons. The zero-order chi connectivity index (χ0) is 27.3. The molecule has 1 aromatic carbocycles. The van der Waals surface area contributed by atoms with Gasteiger partial charge in [0.15, 0.2) is 9.84 Å². The fourth-order valence-corrected chi connectivity index (χ4v) is 6.91. The Labute approximate surface area is 231 Å². The molecular weight excluding hydrogens is 530 g/mol. The monoisotopic (exact) mass is 557 g/mol. The maximum Gasteiger partial charge on any atom is 0.251 e. The van der Waals surface area contributed by atoms with Crippen LogP contribution in [-0.2, 0) is 38.9 Å². The highest BCUT2D eigenvalue weighted by atomic mass is 32.2. The summed E-state index contributed by atoms with van der Waals surface area (Å²) in [5.74, 6) is 0.537. The summed E-state index contributed by atoms with van der Waals surface area (Å²) in [6.45, 7) is 2.80. The molecule has 3 aliphatic rings. The number of hydrogen-bond acceptors (Lipinski definition) is 9. The quantitative estimate of drug-likeness (QED) is 0.403. The number of nitrogens with zero attached hydrogens (tertiary/aromatic N) is 4. The number of anilines is 1. The van der Waals surface area contributed by atoms with Crippen molar-refractivity contribution < 1.29 is 22.7 Å². The molecule has 1 fully saturated rings. The third-order valence-corrected chi connectivity index (χ3v) is 9.41. The molecule has 0 saturated carbocycles. The van der Waals surface area contributed by atoms with Crippen LogP contribution >= 0.6 is 0 Å². The van der Waals surface area contributed by atoms with Crippen molar-refractivity contribution in [3.8, 4) is 11.4 Å². The summed E-state index contributed by atoms with van der Waals surface area (Å²) in [5.41, 5.74) is 5.04. The minimum atomic E-state index is -3.50. The van der Waals surface area contributed by atoms with Gasteiger partial charge in [-0.05, 0) is 53.9 Å². The molecule has 3 aromatic heterocycles. The maximum absolute atomic E-state index is 12.9. The van der Waals surface area contributed by atoms with Gasteiger partial charge in [-0.3, -0.25) is 9.78 Å². The van der Waals surface area contributed by atoms with Gasteiger partial charge in [0.2, 0.25) is 0 Å². The Balaban J connectivity index is 1.10. The molecule has 40 heavy (non-hydrogen) atoms. The number of benzene rings is 1. The van der Waals surface area contributed by atoms with E-state index in [0.717, 1.165) is 47.7 Å². The normalized spacial score (nSPS) is 19.4. The number of hydrogen-bond donors (Lipinski definition) is 1. The third-order valence-electron chi connectivity index (χ3n) is 7.65. The zero-order valence-corrected chi connectivity index (χ0v) is 22.5. The number of ether oxygens (including phenoxy) is 2. The second-order valence-corrected chi connectivity index (χ2v) is 12.3. The second-order valence-electron chi connectivity index (χ2n) is 10.2. The number of carbonyl (C=O) groups excluding carboxylic acids is 1. The molecule has 0 spiro atoms. The summed E-state index contributed by atoms with van der Waals surface area (Å²) in [4.78, 5) is 29.7. The average molecular weight is 558 g/mol. The molecular formula is C29H27N5O5S. The van der Waals surface area contributed by atoms with Gasteiger partial charge in [-0.2, -0.15) is 0 Å².